The standard InChI is InChI=1S/C22H29N3O3S/c1-14(26)15-2-7-19-18(12-15)20-21(23-13-24-22(20)29-19)28-17-5-3-16(4-6-17)25-8-10-27-11-9-25/h13,15-17H,2-12H2,1H3/t15-,16?,17?/m0/s1. The van der Waals surface area contributed by atoms with Crippen molar-refractivity contribution in [2.75, 3.05) is 26.3 Å². The summed E-state index contributed by atoms with van der Waals surface area (Å²) in [5.41, 5.74) is 1.26. The summed E-state index contributed by atoms with van der Waals surface area (Å²) in [7, 11) is 0. The van der Waals surface area contributed by atoms with Gasteiger partial charge >= 0.3 is 0 Å². The first kappa shape index (κ1) is 19.4. The smallest absolute Gasteiger partial charge is 0.225 e. The first-order valence-corrected chi connectivity index (χ1v) is 11.7. The van der Waals surface area contributed by atoms with Gasteiger partial charge in [-0.2, -0.15) is 0 Å². The Morgan fingerprint density at radius 1 is 1.17 bits per heavy atom. The molecule has 0 spiro atoms. The molecule has 5 rings (SSSR count). The highest BCUT2D eigenvalue weighted by molar-refractivity contribution is 7.18. The Morgan fingerprint density at radius 2 is 1.97 bits per heavy atom. The van der Waals surface area contributed by atoms with Crippen molar-refractivity contribution in [3.63, 3.8) is 0 Å². The summed E-state index contributed by atoms with van der Waals surface area (Å²) in [6, 6.07) is 0.661. The van der Waals surface area contributed by atoms with Crippen LogP contribution in [-0.2, 0) is 22.4 Å². The molecular formula is C22H29N3O3S. The molecule has 1 saturated carbocycles. The second kappa shape index (κ2) is 8.28. The minimum atomic E-state index is 0.123. The molecule has 2 aromatic heterocycles. The highest BCUT2D eigenvalue weighted by atomic mass is 32.1. The van der Waals surface area contributed by atoms with E-state index < -0.39 is 0 Å². The van der Waals surface area contributed by atoms with Crippen LogP contribution in [0, 0.1) is 5.92 Å². The normalized spacial score (nSPS) is 28.2. The third-order valence-electron chi connectivity index (χ3n) is 6.87. The summed E-state index contributed by atoms with van der Waals surface area (Å²) in [6.07, 6.45) is 9.04. The molecule has 2 fully saturated rings. The van der Waals surface area contributed by atoms with Gasteiger partial charge in [-0.05, 0) is 57.4 Å². The molecule has 1 atom stereocenters. The maximum Gasteiger partial charge on any atom is 0.225 e. The number of hydrogen-bond donors (Lipinski definition) is 0. The van der Waals surface area contributed by atoms with E-state index >= 15 is 0 Å². The van der Waals surface area contributed by atoms with Crippen LogP contribution >= 0.6 is 11.3 Å². The Morgan fingerprint density at radius 3 is 2.72 bits per heavy atom. The molecule has 2 aliphatic carbocycles. The lowest BCUT2D eigenvalue weighted by Crippen LogP contribution is -2.46. The van der Waals surface area contributed by atoms with E-state index in [1.165, 1.54) is 23.3 Å². The molecule has 0 aromatic carbocycles. The fraction of sp³-hybridized carbons (Fsp3) is 0.682. The third kappa shape index (κ3) is 3.92. The first-order valence-electron chi connectivity index (χ1n) is 10.9. The number of ketones is 1. The van der Waals surface area contributed by atoms with Crippen molar-refractivity contribution >= 4 is 27.3 Å². The largest absolute Gasteiger partial charge is 0.474 e. The number of carbonyl (C=O) groups excluding carboxylic acids is 1. The number of nitrogens with zero attached hydrogens (tertiary/aromatic N) is 3. The number of aromatic nitrogens is 2. The van der Waals surface area contributed by atoms with Crippen LogP contribution in [0.5, 0.6) is 5.88 Å². The van der Waals surface area contributed by atoms with Crippen molar-refractivity contribution < 1.29 is 14.3 Å². The SMILES string of the molecule is CC(=O)[C@H]1CCc2sc3ncnc(OC4CCC(N5CCOCC5)CC4)c3c2C1. The predicted octanol–water partition coefficient (Wildman–Crippen LogP) is 3.41. The van der Waals surface area contributed by atoms with Crippen LogP contribution in [0.3, 0.4) is 0 Å². The third-order valence-corrected chi connectivity index (χ3v) is 8.07. The van der Waals surface area contributed by atoms with E-state index in [2.05, 4.69) is 14.9 Å². The van der Waals surface area contributed by atoms with Crippen molar-refractivity contribution in [1.29, 1.82) is 0 Å². The molecule has 7 heteroatoms. The van der Waals surface area contributed by atoms with E-state index in [4.69, 9.17) is 9.47 Å². The van der Waals surface area contributed by atoms with E-state index in [0.29, 0.717) is 6.04 Å². The number of carbonyl (C=O) groups is 1. The fourth-order valence-corrected chi connectivity index (χ4v) is 6.32. The number of aryl methyl sites for hydroxylation is 1. The molecule has 1 saturated heterocycles. The number of fused-ring (bicyclic) bond motifs is 3. The van der Waals surface area contributed by atoms with Crippen LogP contribution in [0.25, 0.3) is 10.2 Å². The van der Waals surface area contributed by atoms with Crippen molar-refractivity contribution in [2.45, 2.75) is 64.0 Å². The minimum Gasteiger partial charge on any atom is -0.474 e. The number of morpholine rings is 1. The van der Waals surface area contributed by atoms with Crippen LogP contribution in [0.4, 0.5) is 0 Å². The maximum atomic E-state index is 12.0. The van der Waals surface area contributed by atoms with Gasteiger partial charge in [0, 0.05) is 29.9 Å². The number of rotatable bonds is 4. The summed E-state index contributed by atoms with van der Waals surface area (Å²) in [6.45, 7) is 5.55. The summed E-state index contributed by atoms with van der Waals surface area (Å²) < 4.78 is 11.9. The average Bonchev–Trinajstić information content (AvgIpc) is 3.13. The Bertz CT molecular complexity index is 885. The predicted molar refractivity (Wildman–Crippen MR) is 113 cm³/mol. The van der Waals surface area contributed by atoms with Gasteiger partial charge < -0.3 is 9.47 Å². The number of Topliss-reactive ketones (excluding diaryl/α,β-unsaturated/α-hetero) is 1. The molecule has 0 amide bonds. The zero-order valence-corrected chi connectivity index (χ0v) is 17.9. The van der Waals surface area contributed by atoms with Gasteiger partial charge in [0.15, 0.2) is 0 Å². The summed E-state index contributed by atoms with van der Waals surface area (Å²) in [5, 5.41) is 1.06. The monoisotopic (exact) mass is 415 g/mol. The van der Waals surface area contributed by atoms with E-state index in [-0.39, 0.29) is 17.8 Å². The van der Waals surface area contributed by atoms with Crippen LogP contribution in [0.1, 0.15) is 49.5 Å². The van der Waals surface area contributed by atoms with Crippen molar-refractivity contribution in [3.05, 3.63) is 16.8 Å². The van der Waals surface area contributed by atoms with Gasteiger partial charge in [0.2, 0.25) is 5.88 Å². The van der Waals surface area contributed by atoms with Gasteiger partial charge in [0.05, 0.1) is 18.6 Å². The molecule has 6 nitrogen and oxygen atoms in total. The molecule has 0 radical (unpaired) electrons. The zero-order valence-electron chi connectivity index (χ0n) is 17.1. The Kier molecular flexibility index (Phi) is 5.54. The molecule has 0 N–H and O–H groups in total. The van der Waals surface area contributed by atoms with E-state index in [0.717, 1.165) is 74.5 Å². The highest BCUT2D eigenvalue weighted by Crippen LogP contribution is 2.41. The zero-order chi connectivity index (χ0) is 19.8. The number of thiophene rings is 1. The summed E-state index contributed by atoms with van der Waals surface area (Å²) in [4.78, 5) is 25.9. The quantitative estimate of drug-likeness (QED) is 0.763. The molecule has 2 aromatic rings. The average molecular weight is 416 g/mol. The lowest BCUT2D eigenvalue weighted by atomic mass is 9.85. The molecular weight excluding hydrogens is 386 g/mol. The van der Waals surface area contributed by atoms with E-state index in [1.54, 1.807) is 24.6 Å². The van der Waals surface area contributed by atoms with Crippen LogP contribution in [0.2, 0.25) is 0 Å². The molecule has 0 unspecified atom stereocenters. The molecule has 3 heterocycles. The minimum absolute atomic E-state index is 0.123. The Labute approximate surface area is 175 Å². The molecule has 1 aliphatic heterocycles. The highest BCUT2D eigenvalue weighted by Gasteiger charge is 2.31. The topological polar surface area (TPSA) is 64.5 Å². The fourth-order valence-electron chi connectivity index (χ4n) is 5.14. The molecule has 156 valence electrons. The Balaban J connectivity index is 1.31. The van der Waals surface area contributed by atoms with E-state index in [9.17, 15) is 4.79 Å². The van der Waals surface area contributed by atoms with Gasteiger partial charge in [0.1, 0.15) is 23.0 Å². The number of ether oxygens (including phenoxy) is 2. The molecule has 0 bridgehead atoms. The van der Waals surface area contributed by atoms with Gasteiger partial charge in [0.25, 0.3) is 0 Å². The van der Waals surface area contributed by atoms with E-state index in [1.807, 2.05) is 0 Å². The van der Waals surface area contributed by atoms with Gasteiger partial charge in [-0.25, -0.2) is 9.97 Å². The van der Waals surface area contributed by atoms with Crippen LogP contribution in [0.15, 0.2) is 6.33 Å². The second-order valence-electron chi connectivity index (χ2n) is 8.61. The first-order chi connectivity index (χ1) is 14.2. The van der Waals surface area contributed by atoms with Gasteiger partial charge in [-0.15, -0.1) is 11.3 Å². The van der Waals surface area contributed by atoms with Crippen molar-refractivity contribution in [1.82, 2.24) is 14.9 Å². The van der Waals surface area contributed by atoms with Crippen LogP contribution in [-0.4, -0.2) is 59.1 Å². The van der Waals surface area contributed by atoms with Crippen molar-refractivity contribution in [2.24, 2.45) is 5.92 Å². The number of hydrogen-bond acceptors (Lipinski definition) is 7. The summed E-state index contributed by atoms with van der Waals surface area (Å²) in [5.74, 6) is 1.14. The summed E-state index contributed by atoms with van der Waals surface area (Å²) >= 11 is 1.75. The maximum absolute atomic E-state index is 12.0. The van der Waals surface area contributed by atoms with Crippen molar-refractivity contribution in [3.8, 4) is 5.88 Å². The lowest BCUT2D eigenvalue weighted by Gasteiger charge is -2.38. The van der Waals surface area contributed by atoms with Crippen LogP contribution < -0.4 is 4.74 Å². The molecule has 29 heavy (non-hydrogen) atoms. The van der Waals surface area contributed by atoms with Gasteiger partial charge in [-0.1, -0.05) is 0 Å². The molecule has 3 aliphatic rings. The second-order valence-corrected chi connectivity index (χ2v) is 9.69. The lowest BCUT2D eigenvalue weighted by molar-refractivity contribution is -0.121. The van der Waals surface area contributed by atoms with Gasteiger partial charge in [-0.3, -0.25) is 9.69 Å². The Hall–Kier alpha value is -1.57.